The lowest BCUT2D eigenvalue weighted by Gasteiger charge is -2.35. The summed E-state index contributed by atoms with van der Waals surface area (Å²) in [5.41, 5.74) is 12.6. The van der Waals surface area contributed by atoms with Crippen LogP contribution in [0.3, 0.4) is 0 Å². The lowest BCUT2D eigenvalue weighted by molar-refractivity contribution is 0.479. The van der Waals surface area contributed by atoms with Gasteiger partial charge in [0, 0.05) is 57.8 Å². The molecule has 5 heteroatoms. The van der Waals surface area contributed by atoms with Crippen molar-refractivity contribution in [1.29, 1.82) is 0 Å². The van der Waals surface area contributed by atoms with Gasteiger partial charge in [-0.3, -0.25) is 4.57 Å². The number of ether oxygens (including phenoxy) is 1. The molecule has 6 aromatic carbocycles. The topological polar surface area (TPSA) is 33.5 Å². The molecule has 0 saturated carbocycles. The molecule has 0 aliphatic carbocycles. The summed E-state index contributed by atoms with van der Waals surface area (Å²) in [6.45, 7) is 25.8. The molecule has 1 aliphatic rings. The Bertz CT molecular complexity index is 3030. The summed E-state index contributed by atoms with van der Waals surface area (Å²) in [6, 6.07) is 55.0. The maximum atomic E-state index is 7.06. The Kier molecular flexibility index (Phi) is 10.6. The normalized spacial score (nSPS) is 13.8. The minimum atomic E-state index is -0.298. The van der Waals surface area contributed by atoms with Gasteiger partial charge < -0.3 is 14.5 Å². The van der Waals surface area contributed by atoms with Crippen LogP contribution in [0.25, 0.3) is 38.8 Å². The highest BCUT2D eigenvalue weighted by Gasteiger charge is 2.36. The van der Waals surface area contributed by atoms with Crippen LogP contribution in [0.4, 0.5) is 11.4 Å². The number of fused-ring (bicyclic) bond motifs is 3. The van der Waals surface area contributed by atoms with Crippen molar-refractivity contribution in [2.24, 2.45) is 0 Å². The number of allylic oxidation sites excluding steroid dienone is 1. The number of rotatable bonds is 8. The third kappa shape index (κ3) is 8.20. The van der Waals surface area contributed by atoms with Crippen LogP contribution in [0.15, 0.2) is 170 Å². The molecular formula is C59H62N4O. The summed E-state index contributed by atoms with van der Waals surface area (Å²) in [5.74, 6) is 2.46. The van der Waals surface area contributed by atoms with Gasteiger partial charge in [0.15, 0.2) is 0 Å². The number of nitrogens with zero attached hydrogens (tertiary/aromatic N) is 4. The van der Waals surface area contributed by atoms with Gasteiger partial charge in [-0.05, 0) is 110 Å². The molecule has 3 heterocycles. The van der Waals surface area contributed by atoms with Crippen molar-refractivity contribution in [2.75, 3.05) is 16.5 Å². The van der Waals surface area contributed by atoms with E-state index in [0.717, 1.165) is 39.4 Å². The van der Waals surface area contributed by atoms with Gasteiger partial charge in [0.05, 0.1) is 17.7 Å². The second kappa shape index (κ2) is 15.9. The van der Waals surface area contributed by atoms with Crippen LogP contribution >= 0.6 is 0 Å². The Morgan fingerprint density at radius 2 is 1.12 bits per heavy atom. The van der Waals surface area contributed by atoms with Crippen LogP contribution < -0.4 is 14.5 Å². The first kappa shape index (κ1) is 42.7. The van der Waals surface area contributed by atoms with Crippen LogP contribution in [0.5, 0.6) is 11.5 Å². The highest BCUT2D eigenvalue weighted by Crippen LogP contribution is 2.44. The van der Waals surface area contributed by atoms with E-state index in [0.29, 0.717) is 6.67 Å². The van der Waals surface area contributed by atoms with E-state index in [-0.39, 0.29) is 21.7 Å². The van der Waals surface area contributed by atoms with Gasteiger partial charge in [0.2, 0.25) is 0 Å². The third-order valence-corrected chi connectivity index (χ3v) is 13.0. The average molecular weight is 843 g/mol. The molecule has 0 fully saturated rings. The highest BCUT2D eigenvalue weighted by molar-refractivity contribution is 6.10. The van der Waals surface area contributed by atoms with Gasteiger partial charge in [0.1, 0.15) is 17.3 Å². The van der Waals surface area contributed by atoms with E-state index in [1.807, 2.05) is 6.20 Å². The molecule has 0 atom stereocenters. The maximum Gasteiger partial charge on any atom is 0.137 e. The lowest BCUT2D eigenvalue weighted by Crippen LogP contribution is -2.34. The summed E-state index contributed by atoms with van der Waals surface area (Å²) in [5, 5.41) is 2.33. The Morgan fingerprint density at radius 1 is 0.469 bits per heavy atom. The second-order valence-electron chi connectivity index (χ2n) is 21.2. The first-order valence-corrected chi connectivity index (χ1v) is 22.7. The van der Waals surface area contributed by atoms with E-state index in [4.69, 9.17) is 9.72 Å². The fourth-order valence-corrected chi connectivity index (χ4v) is 9.01. The van der Waals surface area contributed by atoms with E-state index < -0.39 is 0 Å². The van der Waals surface area contributed by atoms with Crippen molar-refractivity contribution in [2.45, 2.75) is 97.8 Å². The van der Waals surface area contributed by atoms with Gasteiger partial charge in [-0.25, -0.2) is 4.98 Å². The molecule has 8 aromatic rings. The first-order chi connectivity index (χ1) is 30.3. The summed E-state index contributed by atoms with van der Waals surface area (Å²) in [4.78, 5) is 9.87. The lowest BCUT2D eigenvalue weighted by atomic mass is 9.81. The van der Waals surface area contributed by atoms with Crippen molar-refractivity contribution in [3.8, 4) is 28.4 Å². The Morgan fingerprint density at radius 3 is 1.83 bits per heavy atom. The SMILES string of the molecule is CC(C)(C)c1cccc(N2C=C(C(C)(C)c3ccccc3)N(c3cc(Oc4ccc5c6cc(-c7ccccc7)ccc6n(-c6cc(C(C)(C)C)ccn6)c5c4)cc(C(C)(C)C)c3)C2)c1. The van der Waals surface area contributed by atoms with Crippen molar-refractivity contribution in [3.63, 3.8) is 0 Å². The molecule has 2 aromatic heterocycles. The zero-order valence-electron chi connectivity index (χ0n) is 39.5. The smallest absolute Gasteiger partial charge is 0.137 e. The molecule has 0 spiro atoms. The molecule has 0 unspecified atom stereocenters. The number of pyridine rings is 1. The fourth-order valence-electron chi connectivity index (χ4n) is 9.01. The zero-order chi connectivity index (χ0) is 45.2. The van der Waals surface area contributed by atoms with Crippen molar-refractivity contribution in [1.82, 2.24) is 9.55 Å². The van der Waals surface area contributed by atoms with E-state index in [9.17, 15) is 0 Å². The quantitative estimate of drug-likeness (QED) is 0.153. The Balaban J connectivity index is 1.17. The summed E-state index contributed by atoms with van der Waals surface area (Å²) in [6.07, 6.45) is 4.30. The average Bonchev–Trinajstić information content (AvgIpc) is 3.87. The second-order valence-corrected chi connectivity index (χ2v) is 21.2. The molecule has 9 rings (SSSR count). The highest BCUT2D eigenvalue weighted by atomic mass is 16.5. The molecule has 64 heavy (non-hydrogen) atoms. The molecule has 324 valence electrons. The van der Waals surface area contributed by atoms with Crippen LogP contribution in [0.1, 0.15) is 98.4 Å². The largest absolute Gasteiger partial charge is 0.457 e. The number of hydrogen-bond donors (Lipinski definition) is 0. The number of hydrogen-bond acceptors (Lipinski definition) is 4. The van der Waals surface area contributed by atoms with Gasteiger partial charge in [-0.15, -0.1) is 0 Å². The minimum absolute atomic E-state index is 0.0326. The van der Waals surface area contributed by atoms with Gasteiger partial charge in [-0.1, -0.05) is 155 Å². The van der Waals surface area contributed by atoms with Crippen LogP contribution in [0, 0.1) is 0 Å². The van der Waals surface area contributed by atoms with E-state index >= 15 is 0 Å². The molecule has 0 amide bonds. The van der Waals surface area contributed by atoms with Crippen molar-refractivity contribution < 1.29 is 4.74 Å². The molecule has 0 saturated heterocycles. The Labute approximate surface area is 380 Å². The Hall–Kier alpha value is -6.59. The van der Waals surface area contributed by atoms with E-state index in [1.54, 1.807) is 0 Å². The molecule has 0 N–H and O–H groups in total. The predicted octanol–water partition coefficient (Wildman–Crippen LogP) is 15.6. The summed E-state index contributed by atoms with van der Waals surface area (Å²) >= 11 is 0. The summed E-state index contributed by atoms with van der Waals surface area (Å²) in [7, 11) is 0. The van der Waals surface area contributed by atoms with E-state index in [2.05, 4.69) is 248 Å². The van der Waals surface area contributed by atoms with Crippen LogP contribution in [-0.2, 0) is 21.7 Å². The van der Waals surface area contributed by atoms with E-state index in [1.165, 1.54) is 50.2 Å². The third-order valence-electron chi connectivity index (χ3n) is 13.0. The summed E-state index contributed by atoms with van der Waals surface area (Å²) < 4.78 is 9.36. The number of aromatic nitrogens is 2. The van der Waals surface area contributed by atoms with Gasteiger partial charge in [0.25, 0.3) is 0 Å². The number of anilines is 2. The van der Waals surface area contributed by atoms with Gasteiger partial charge in [-0.2, -0.15) is 0 Å². The fraction of sp³-hybridized carbons (Fsp3) is 0.271. The standard InChI is InChI=1S/C59H62N4O/c1-56(2,3)43-23-18-24-46(32-43)61-38-54(59(10,11)42-21-16-13-17-22-42)62(39-61)47-33-45(58(7,8)9)34-49(36-47)64-48-26-27-50-51-31-41(40-19-14-12-15-20-40)25-28-52(51)63(53(50)37-48)55-35-44(29-30-60-55)57(4,5)6/h12-38H,39H2,1-11H3. The molecule has 1 aliphatic heterocycles. The predicted molar refractivity (Wildman–Crippen MR) is 270 cm³/mol. The zero-order valence-corrected chi connectivity index (χ0v) is 39.5. The minimum Gasteiger partial charge on any atom is -0.457 e. The molecule has 0 bridgehead atoms. The van der Waals surface area contributed by atoms with Crippen LogP contribution in [0.2, 0.25) is 0 Å². The maximum absolute atomic E-state index is 7.06. The van der Waals surface area contributed by atoms with Crippen molar-refractivity contribution >= 4 is 33.2 Å². The first-order valence-electron chi connectivity index (χ1n) is 22.7. The van der Waals surface area contributed by atoms with Crippen LogP contribution in [-0.4, -0.2) is 16.2 Å². The van der Waals surface area contributed by atoms with Crippen molar-refractivity contribution in [3.05, 3.63) is 192 Å². The monoisotopic (exact) mass is 842 g/mol. The number of benzene rings is 6. The molecular weight excluding hydrogens is 781 g/mol. The molecule has 5 nitrogen and oxygen atoms in total. The van der Waals surface area contributed by atoms with Gasteiger partial charge >= 0.3 is 0 Å². The molecule has 0 radical (unpaired) electrons.